The molecule has 0 saturated heterocycles. The van der Waals surface area contributed by atoms with Gasteiger partial charge in [0.15, 0.2) is 11.4 Å². The average molecular weight is 664 g/mol. The Hall–Kier alpha value is -7.04. The zero-order valence-electron chi connectivity index (χ0n) is 28.0. The molecule has 0 aliphatic carbocycles. The molecular weight excluding hydrogens is 635 g/mol. The zero-order chi connectivity index (χ0) is 34.2. The smallest absolute Gasteiger partial charge is 0.180 e. The van der Waals surface area contributed by atoms with Crippen LogP contribution in [0.2, 0.25) is 0 Å². The maximum Gasteiger partial charge on any atom is 0.180 e. The first-order valence-corrected chi connectivity index (χ1v) is 17.6. The van der Waals surface area contributed by atoms with Crippen molar-refractivity contribution in [2.75, 3.05) is 0 Å². The van der Waals surface area contributed by atoms with Crippen molar-refractivity contribution in [3.8, 4) is 39.5 Å². The van der Waals surface area contributed by atoms with E-state index < -0.39 is 0 Å². The van der Waals surface area contributed by atoms with Gasteiger partial charge < -0.3 is 8.98 Å². The van der Waals surface area contributed by atoms with Crippen molar-refractivity contribution >= 4 is 65.4 Å². The molecule has 0 aliphatic rings. The number of rotatable bonds is 4. The number of hydrogen-bond acceptors (Lipinski definition) is 3. The van der Waals surface area contributed by atoms with Gasteiger partial charge in [-0.1, -0.05) is 140 Å². The van der Waals surface area contributed by atoms with Crippen LogP contribution in [0, 0.1) is 0 Å². The minimum atomic E-state index is 0.645. The van der Waals surface area contributed by atoms with E-state index in [4.69, 9.17) is 14.4 Å². The topological polar surface area (TPSA) is 43.9 Å². The molecule has 4 nitrogen and oxygen atoms in total. The molecule has 4 heteroatoms. The zero-order valence-corrected chi connectivity index (χ0v) is 28.0. The maximum atomic E-state index is 6.62. The van der Waals surface area contributed by atoms with Gasteiger partial charge in [-0.3, -0.25) is 0 Å². The van der Waals surface area contributed by atoms with Crippen LogP contribution in [-0.4, -0.2) is 14.5 Å². The second kappa shape index (κ2) is 11.2. The van der Waals surface area contributed by atoms with Gasteiger partial charge >= 0.3 is 0 Å². The molecule has 0 saturated carbocycles. The molecule has 11 aromatic rings. The Kier molecular flexibility index (Phi) is 6.22. The Morgan fingerprint density at radius 1 is 0.442 bits per heavy atom. The number of para-hydroxylation sites is 1. The van der Waals surface area contributed by atoms with Crippen LogP contribution in [0.1, 0.15) is 0 Å². The van der Waals surface area contributed by atoms with Crippen LogP contribution in [0.5, 0.6) is 0 Å². The van der Waals surface area contributed by atoms with Crippen LogP contribution in [0.4, 0.5) is 0 Å². The lowest BCUT2D eigenvalue weighted by molar-refractivity contribution is 0.667. The van der Waals surface area contributed by atoms with E-state index >= 15 is 0 Å². The third-order valence-corrected chi connectivity index (χ3v) is 10.4. The van der Waals surface area contributed by atoms with Crippen molar-refractivity contribution < 1.29 is 4.42 Å². The number of nitrogens with zero attached hydrogens (tertiary/aromatic N) is 3. The molecule has 0 N–H and O–H groups in total. The standard InChI is InChI=1S/C48H29N3O/c1-3-13-30(14-4-1)35-24-26-43-39(28-35)46-47(52-43)45(32-16-5-2-6-17-32)49-48(50-46)38-27-33-18-7-8-19-34(33)29-42(38)51-40-22-12-11-21-37(40)44-36-20-10-9-15-31(36)23-25-41(44)51/h1-29H. The molecule has 0 unspecified atom stereocenters. The predicted molar refractivity (Wildman–Crippen MR) is 215 cm³/mol. The summed E-state index contributed by atoms with van der Waals surface area (Å²) in [4.78, 5) is 10.8. The first-order chi connectivity index (χ1) is 25.8. The molecular formula is C48H29N3O. The molecule has 0 amide bonds. The van der Waals surface area contributed by atoms with Crippen molar-refractivity contribution in [1.82, 2.24) is 14.5 Å². The minimum absolute atomic E-state index is 0.645. The van der Waals surface area contributed by atoms with E-state index in [9.17, 15) is 0 Å². The molecule has 8 aromatic carbocycles. The van der Waals surface area contributed by atoms with E-state index in [1.165, 1.54) is 21.5 Å². The number of benzene rings is 8. The Morgan fingerprint density at radius 3 is 1.92 bits per heavy atom. The number of fused-ring (bicyclic) bond motifs is 9. The van der Waals surface area contributed by atoms with E-state index in [0.717, 1.165) is 71.9 Å². The lowest BCUT2D eigenvalue weighted by atomic mass is 10.0. The van der Waals surface area contributed by atoms with Gasteiger partial charge in [0.25, 0.3) is 0 Å². The highest BCUT2D eigenvalue weighted by Crippen LogP contribution is 2.42. The Morgan fingerprint density at radius 2 is 1.12 bits per heavy atom. The number of aromatic nitrogens is 3. The second-order valence-electron chi connectivity index (χ2n) is 13.4. The van der Waals surface area contributed by atoms with Crippen molar-refractivity contribution in [2.45, 2.75) is 0 Å². The number of hydrogen-bond donors (Lipinski definition) is 0. The van der Waals surface area contributed by atoms with Crippen molar-refractivity contribution in [3.05, 3.63) is 176 Å². The van der Waals surface area contributed by atoms with E-state index in [1.54, 1.807) is 0 Å². The quantitative estimate of drug-likeness (QED) is 0.188. The van der Waals surface area contributed by atoms with Gasteiger partial charge in [0.2, 0.25) is 0 Å². The van der Waals surface area contributed by atoms with Crippen molar-refractivity contribution in [1.29, 1.82) is 0 Å². The molecule has 0 fully saturated rings. The third kappa shape index (κ3) is 4.34. The van der Waals surface area contributed by atoms with E-state index in [1.807, 2.05) is 24.3 Å². The Labute approximate surface area is 298 Å². The Balaban J connectivity index is 1.26. The first kappa shape index (κ1) is 28.8. The van der Waals surface area contributed by atoms with Crippen LogP contribution in [0.3, 0.4) is 0 Å². The summed E-state index contributed by atoms with van der Waals surface area (Å²) in [6.45, 7) is 0. The monoisotopic (exact) mass is 663 g/mol. The SMILES string of the molecule is c1ccc(-c2ccc3oc4c(-c5ccccc5)nc(-c5cc6ccccc6cc5-n5c6ccccc6c6c7ccccc7ccc65)nc4c3c2)cc1. The Bertz CT molecular complexity index is 3180. The fraction of sp³-hybridized carbons (Fsp3) is 0. The molecule has 0 radical (unpaired) electrons. The van der Waals surface area contributed by atoms with Gasteiger partial charge in [0.1, 0.15) is 16.8 Å². The van der Waals surface area contributed by atoms with Gasteiger partial charge in [-0.25, -0.2) is 9.97 Å². The van der Waals surface area contributed by atoms with Crippen molar-refractivity contribution in [3.63, 3.8) is 0 Å². The van der Waals surface area contributed by atoms with Gasteiger partial charge in [-0.15, -0.1) is 0 Å². The highest BCUT2D eigenvalue weighted by atomic mass is 16.3. The summed E-state index contributed by atoms with van der Waals surface area (Å²) < 4.78 is 9.02. The summed E-state index contributed by atoms with van der Waals surface area (Å²) in [6, 6.07) is 62.0. The van der Waals surface area contributed by atoms with Crippen molar-refractivity contribution in [2.24, 2.45) is 0 Å². The van der Waals surface area contributed by atoms with Gasteiger partial charge in [0, 0.05) is 27.3 Å². The molecule has 0 spiro atoms. The molecule has 0 bridgehead atoms. The van der Waals surface area contributed by atoms with E-state index in [-0.39, 0.29) is 0 Å². The van der Waals surface area contributed by atoms with Crippen LogP contribution in [0.15, 0.2) is 180 Å². The largest absolute Gasteiger partial charge is 0.452 e. The summed E-state index contributed by atoms with van der Waals surface area (Å²) in [6.07, 6.45) is 0. The van der Waals surface area contributed by atoms with Crippen LogP contribution in [-0.2, 0) is 0 Å². The van der Waals surface area contributed by atoms with E-state index in [2.05, 4.69) is 156 Å². The second-order valence-corrected chi connectivity index (χ2v) is 13.4. The fourth-order valence-corrected chi connectivity index (χ4v) is 7.96. The van der Waals surface area contributed by atoms with Crippen LogP contribution >= 0.6 is 0 Å². The number of furan rings is 1. The molecule has 3 heterocycles. The fourth-order valence-electron chi connectivity index (χ4n) is 7.96. The minimum Gasteiger partial charge on any atom is -0.452 e. The normalized spacial score (nSPS) is 11.8. The average Bonchev–Trinajstić information content (AvgIpc) is 3.76. The molecule has 0 aliphatic heterocycles. The summed E-state index contributed by atoms with van der Waals surface area (Å²) >= 11 is 0. The highest BCUT2D eigenvalue weighted by Gasteiger charge is 2.23. The summed E-state index contributed by atoms with van der Waals surface area (Å²) in [5.74, 6) is 0.645. The van der Waals surface area contributed by atoms with Gasteiger partial charge in [-0.2, -0.15) is 0 Å². The first-order valence-electron chi connectivity index (χ1n) is 17.6. The third-order valence-electron chi connectivity index (χ3n) is 10.4. The van der Waals surface area contributed by atoms with E-state index in [0.29, 0.717) is 11.4 Å². The molecule has 11 rings (SSSR count). The van der Waals surface area contributed by atoms with Crippen LogP contribution in [0.25, 0.3) is 105 Å². The summed E-state index contributed by atoms with van der Waals surface area (Å²) in [5, 5.41) is 8.15. The van der Waals surface area contributed by atoms with Gasteiger partial charge in [-0.05, 0) is 69.1 Å². The van der Waals surface area contributed by atoms with Gasteiger partial charge in [0.05, 0.1) is 16.7 Å². The maximum absolute atomic E-state index is 6.62. The highest BCUT2D eigenvalue weighted by molar-refractivity contribution is 6.21. The molecule has 242 valence electrons. The lowest BCUT2D eigenvalue weighted by Gasteiger charge is -2.16. The summed E-state index contributed by atoms with van der Waals surface area (Å²) in [5.41, 5.74) is 10.5. The predicted octanol–water partition coefficient (Wildman–Crippen LogP) is 12.8. The molecule has 3 aromatic heterocycles. The molecule has 52 heavy (non-hydrogen) atoms. The van der Waals surface area contributed by atoms with Crippen LogP contribution < -0.4 is 0 Å². The summed E-state index contributed by atoms with van der Waals surface area (Å²) in [7, 11) is 0. The molecule has 0 atom stereocenters. The lowest BCUT2D eigenvalue weighted by Crippen LogP contribution is -2.01.